The maximum atomic E-state index is 12.1. The van der Waals surface area contributed by atoms with E-state index in [1.807, 2.05) is 0 Å². The van der Waals surface area contributed by atoms with Crippen LogP contribution in [0.1, 0.15) is 6.92 Å². The fourth-order valence-corrected chi connectivity index (χ4v) is 3.64. The second-order valence-corrected chi connectivity index (χ2v) is 6.88. The molecule has 1 aromatic heterocycles. The highest BCUT2D eigenvalue weighted by Gasteiger charge is 2.16. The Kier molecular flexibility index (Phi) is 3.96. The Bertz CT molecular complexity index is 721. The number of hydrogen-bond acceptors (Lipinski definition) is 5. The lowest BCUT2D eigenvalue weighted by Gasteiger charge is -2.07. The van der Waals surface area contributed by atoms with E-state index in [1.54, 1.807) is 29.6 Å². The van der Waals surface area contributed by atoms with E-state index in [4.69, 9.17) is 5.73 Å². The summed E-state index contributed by atoms with van der Waals surface area (Å²) in [6.07, 6.45) is 0. The molecule has 4 N–H and O–H groups in total. The van der Waals surface area contributed by atoms with Crippen molar-refractivity contribution in [3.8, 4) is 0 Å². The highest BCUT2D eigenvalue weighted by molar-refractivity contribution is 7.94. The van der Waals surface area contributed by atoms with E-state index in [2.05, 4.69) is 10.0 Å². The number of benzene rings is 1. The number of anilines is 3. The molecule has 0 aliphatic carbocycles. The summed E-state index contributed by atoms with van der Waals surface area (Å²) in [5.41, 5.74) is 6.93. The van der Waals surface area contributed by atoms with Crippen LogP contribution in [-0.2, 0) is 14.8 Å². The zero-order valence-corrected chi connectivity index (χ0v) is 12.2. The molecule has 0 saturated heterocycles. The fourth-order valence-electron chi connectivity index (χ4n) is 1.50. The van der Waals surface area contributed by atoms with Gasteiger partial charge in [-0.15, -0.1) is 11.3 Å². The monoisotopic (exact) mass is 311 g/mol. The first-order valence-electron chi connectivity index (χ1n) is 5.61. The lowest BCUT2D eigenvalue weighted by molar-refractivity contribution is -0.114. The van der Waals surface area contributed by atoms with Crippen LogP contribution >= 0.6 is 11.3 Å². The number of rotatable bonds is 4. The predicted octanol–water partition coefficient (Wildman–Crippen LogP) is 2.09. The molecule has 0 aliphatic rings. The Labute approximate surface area is 120 Å². The van der Waals surface area contributed by atoms with Gasteiger partial charge in [-0.3, -0.25) is 9.52 Å². The summed E-state index contributed by atoms with van der Waals surface area (Å²) >= 11 is 1.05. The summed E-state index contributed by atoms with van der Waals surface area (Å²) in [6, 6.07) is 7.77. The Morgan fingerprint density at radius 2 is 1.80 bits per heavy atom. The lowest BCUT2D eigenvalue weighted by Crippen LogP contribution is -2.11. The average molecular weight is 311 g/mol. The molecule has 20 heavy (non-hydrogen) atoms. The molecule has 1 amide bonds. The van der Waals surface area contributed by atoms with Gasteiger partial charge in [-0.05, 0) is 30.3 Å². The number of hydrogen-bond donors (Lipinski definition) is 3. The molecule has 0 fully saturated rings. The van der Waals surface area contributed by atoms with E-state index in [-0.39, 0.29) is 10.1 Å². The number of nitrogens with one attached hydrogen (secondary N) is 2. The number of thiophene rings is 1. The highest BCUT2D eigenvalue weighted by atomic mass is 32.2. The quantitative estimate of drug-likeness (QED) is 0.804. The zero-order chi connectivity index (χ0) is 14.8. The molecular weight excluding hydrogens is 298 g/mol. The van der Waals surface area contributed by atoms with Crippen LogP contribution < -0.4 is 15.8 Å². The van der Waals surface area contributed by atoms with E-state index in [0.717, 1.165) is 11.3 Å². The van der Waals surface area contributed by atoms with Gasteiger partial charge in [0.25, 0.3) is 10.0 Å². The smallest absolute Gasteiger partial charge is 0.271 e. The average Bonchev–Trinajstić information content (AvgIpc) is 2.78. The zero-order valence-electron chi connectivity index (χ0n) is 10.6. The predicted molar refractivity (Wildman–Crippen MR) is 80.3 cm³/mol. The van der Waals surface area contributed by atoms with Crippen LogP contribution in [0.2, 0.25) is 0 Å². The summed E-state index contributed by atoms with van der Waals surface area (Å²) in [6.45, 7) is 1.40. The summed E-state index contributed by atoms with van der Waals surface area (Å²) < 4.78 is 26.7. The molecule has 0 saturated carbocycles. The number of sulfonamides is 1. The van der Waals surface area contributed by atoms with E-state index in [9.17, 15) is 13.2 Å². The van der Waals surface area contributed by atoms with Gasteiger partial charge >= 0.3 is 0 Å². The first kappa shape index (κ1) is 14.4. The van der Waals surface area contributed by atoms with Crippen LogP contribution in [0.4, 0.5) is 17.1 Å². The molecule has 1 aromatic carbocycles. The van der Waals surface area contributed by atoms with Crippen molar-refractivity contribution >= 4 is 44.3 Å². The largest absolute Gasteiger partial charge is 0.398 e. The van der Waals surface area contributed by atoms with Crippen LogP contribution in [0.25, 0.3) is 0 Å². The molecule has 1 heterocycles. The Morgan fingerprint density at radius 1 is 1.20 bits per heavy atom. The van der Waals surface area contributed by atoms with Crippen molar-refractivity contribution < 1.29 is 13.2 Å². The van der Waals surface area contributed by atoms with Gasteiger partial charge in [0, 0.05) is 29.4 Å². The van der Waals surface area contributed by atoms with Crippen molar-refractivity contribution in [1.29, 1.82) is 0 Å². The molecule has 0 unspecified atom stereocenters. The van der Waals surface area contributed by atoms with E-state index in [1.165, 1.54) is 13.0 Å². The molecule has 0 aliphatic heterocycles. The molecular formula is C12H13N3O3S2. The van der Waals surface area contributed by atoms with Crippen molar-refractivity contribution in [1.82, 2.24) is 0 Å². The minimum Gasteiger partial charge on any atom is -0.398 e. The minimum absolute atomic E-state index is 0.154. The molecule has 2 rings (SSSR count). The number of nitrogens with two attached hydrogens (primary N) is 1. The second-order valence-electron chi connectivity index (χ2n) is 4.06. The molecule has 8 heteroatoms. The van der Waals surface area contributed by atoms with Gasteiger partial charge < -0.3 is 11.1 Å². The molecule has 0 spiro atoms. The van der Waals surface area contributed by atoms with E-state index < -0.39 is 10.0 Å². The van der Waals surface area contributed by atoms with E-state index in [0.29, 0.717) is 17.1 Å². The summed E-state index contributed by atoms with van der Waals surface area (Å²) in [4.78, 5) is 10.9. The Hall–Kier alpha value is -2.06. The minimum atomic E-state index is -3.63. The van der Waals surface area contributed by atoms with Crippen LogP contribution in [0.3, 0.4) is 0 Å². The first-order chi connectivity index (χ1) is 9.37. The maximum absolute atomic E-state index is 12.1. The summed E-state index contributed by atoms with van der Waals surface area (Å²) in [5, 5.41) is 4.16. The summed E-state index contributed by atoms with van der Waals surface area (Å²) in [7, 11) is -3.63. The third-order valence-electron chi connectivity index (χ3n) is 2.32. The molecule has 2 aromatic rings. The van der Waals surface area contributed by atoms with Crippen LogP contribution in [0.5, 0.6) is 0 Å². The topological polar surface area (TPSA) is 101 Å². The van der Waals surface area contributed by atoms with Crippen LogP contribution in [0.15, 0.2) is 39.9 Å². The summed E-state index contributed by atoms with van der Waals surface area (Å²) in [5.74, 6) is -0.188. The number of amides is 1. The Morgan fingerprint density at radius 3 is 2.30 bits per heavy atom. The van der Waals surface area contributed by atoms with Gasteiger partial charge in [-0.1, -0.05) is 0 Å². The van der Waals surface area contributed by atoms with E-state index >= 15 is 0 Å². The standard InChI is InChI=1S/C12H13N3O3S2/c1-8(16)14-10-2-4-11(5-3-10)15-20(17,18)12-6-9(13)7-19-12/h2-7,15H,13H2,1H3,(H,14,16). The first-order valence-corrected chi connectivity index (χ1v) is 7.97. The van der Waals surface area contributed by atoms with Gasteiger partial charge in [0.05, 0.1) is 0 Å². The van der Waals surface area contributed by atoms with Gasteiger partial charge in [0.15, 0.2) is 0 Å². The number of carbonyl (C=O) groups excluding carboxylic acids is 1. The molecule has 0 radical (unpaired) electrons. The van der Waals surface area contributed by atoms with Crippen molar-refractivity contribution in [3.05, 3.63) is 35.7 Å². The number of carbonyl (C=O) groups is 1. The molecule has 0 atom stereocenters. The highest BCUT2D eigenvalue weighted by Crippen LogP contribution is 2.24. The number of nitrogen functional groups attached to an aromatic ring is 1. The van der Waals surface area contributed by atoms with Crippen molar-refractivity contribution in [2.24, 2.45) is 0 Å². The lowest BCUT2D eigenvalue weighted by atomic mass is 10.3. The van der Waals surface area contributed by atoms with Crippen molar-refractivity contribution in [3.63, 3.8) is 0 Å². The SMILES string of the molecule is CC(=O)Nc1ccc(NS(=O)(=O)c2cc(N)cs2)cc1. The van der Waals surface area contributed by atoms with Crippen LogP contribution in [-0.4, -0.2) is 14.3 Å². The normalized spacial score (nSPS) is 11.1. The third-order valence-corrected chi connectivity index (χ3v) is 5.16. The van der Waals surface area contributed by atoms with Gasteiger partial charge in [0.1, 0.15) is 4.21 Å². The third kappa shape index (κ3) is 3.49. The van der Waals surface area contributed by atoms with Crippen LogP contribution in [0, 0.1) is 0 Å². The van der Waals surface area contributed by atoms with Gasteiger partial charge in [-0.2, -0.15) is 0 Å². The fraction of sp³-hybridized carbons (Fsp3) is 0.0833. The second kappa shape index (κ2) is 5.51. The Balaban J connectivity index is 2.15. The molecule has 0 bridgehead atoms. The van der Waals surface area contributed by atoms with Crippen molar-refractivity contribution in [2.45, 2.75) is 11.1 Å². The van der Waals surface area contributed by atoms with Crippen molar-refractivity contribution in [2.75, 3.05) is 15.8 Å². The van der Waals surface area contributed by atoms with Gasteiger partial charge in [0.2, 0.25) is 5.91 Å². The maximum Gasteiger partial charge on any atom is 0.271 e. The molecule has 6 nitrogen and oxygen atoms in total. The molecule has 106 valence electrons. The van der Waals surface area contributed by atoms with Gasteiger partial charge in [-0.25, -0.2) is 8.42 Å².